The van der Waals surface area contributed by atoms with E-state index in [0.29, 0.717) is 18.2 Å². The molecule has 2 fully saturated rings. The van der Waals surface area contributed by atoms with Crippen molar-refractivity contribution in [1.82, 2.24) is 14.9 Å². The first-order valence-corrected chi connectivity index (χ1v) is 8.04. The summed E-state index contributed by atoms with van der Waals surface area (Å²) >= 11 is 0. The van der Waals surface area contributed by atoms with Gasteiger partial charge < -0.3 is 15.0 Å². The zero-order valence-electron chi connectivity index (χ0n) is 13.1. The second kappa shape index (κ2) is 7.51. The molecule has 0 aromatic carbocycles. The third-order valence-electron chi connectivity index (χ3n) is 4.22. The second-order valence-electron chi connectivity index (χ2n) is 5.73. The molecule has 0 spiro atoms. The molecule has 126 valence electrons. The smallest absolute Gasteiger partial charge is 0.353 e. The summed E-state index contributed by atoms with van der Waals surface area (Å²) < 4.78 is 5.31. The average Bonchev–Trinajstić information content (AvgIpc) is 3.10. The molecule has 0 bridgehead atoms. The van der Waals surface area contributed by atoms with Gasteiger partial charge in [-0.2, -0.15) is 0 Å². The normalized spacial score (nSPS) is 19.0. The lowest BCUT2D eigenvalue weighted by atomic mass is 10.3. The molecular weight excluding hydrogens is 300 g/mol. The summed E-state index contributed by atoms with van der Waals surface area (Å²) in [6.07, 6.45) is 3.49. The van der Waals surface area contributed by atoms with Crippen LogP contribution in [0, 0.1) is 10.1 Å². The van der Waals surface area contributed by atoms with E-state index in [-0.39, 0.29) is 10.6 Å². The van der Waals surface area contributed by atoms with E-state index in [1.807, 2.05) is 4.90 Å². The van der Waals surface area contributed by atoms with Crippen molar-refractivity contribution in [2.75, 3.05) is 62.7 Å². The number of anilines is 2. The Morgan fingerprint density at radius 3 is 2.65 bits per heavy atom. The highest BCUT2D eigenvalue weighted by atomic mass is 16.6. The molecule has 0 radical (unpaired) electrons. The number of nitrogens with one attached hydrogen (secondary N) is 1. The van der Waals surface area contributed by atoms with E-state index in [4.69, 9.17) is 4.74 Å². The van der Waals surface area contributed by atoms with Crippen LogP contribution in [0.3, 0.4) is 0 Å². The van der Waals surface area contributed by atoms with Crippen LogP contribution in [0.5, 0.6) is 0 Å². The van der Waals surface area contributed by atoms with Crippen LogP contribution in [0.2, 0.25) is 0 Å². The van der Waals surface area contributed by atoms with E-state index in [0.717, 1.165) is 58.8 Å². The first kappa shape index (κ1) is 15.9. The zero-order chi connectivity index (χ0) is 16.1. The number of aromatic nitrogens is 2. The number of rotatable bonds is 6. The molecule has 0 aliphatic carbocycles. The van der Waals surface area contributed by atoms with Gasteiger partial charge in [-0.3, -0.25) is 15.0 Å². The number of nitrogens with zero attached hydrogens (tertiary/aromatic N) is 5. The maximum Gasteiger partial charge on any atom is 0.353 e. The Balaban J connectivity index is 1.67. The van der Waals surface area contributed by atoms with E-state index in [1.165, 1.54) is 6.33 Å². The molecular formula is C14H22N6O3. The van der Waals surface area contributed by atoms with Gasteiger partial charge >= 0.3 is 5.69 Å². The molecule has 1 aromatic rings. The number of nitro groups is 1. The van der Waals surface area contributed by atoms with Gasteiger partial charge in [0.25, 0.3) is 0 Å². The molecule has 2 aliphatic heterocycles. The molecule has 0 atom stereocenters. The van der Waals surface area contributed by atoms with Crippen molar-refractivity contribution in [1.29, 1.82) is 0 Å². The Kier molecular flexibility index (Phi) is 5.19. The van der Waals surface area contributed by atoms with Gasteiger partial charge in [0.15, 0.2) is 0 Å². The van der Waals surface area contributed by atoms with Gasteiger partial charge in [-0.05, 0) is 12.8 Å². The van der Waals surface area contributed by atoms with Gasteiger partial charge in [0, 0.05) is 39.3 Å². The van der Waals surface area contributed by atoms with Crippen LogP contribution in [-0.4, -0.2) is 72.3 Å². The Labute approximate surface area is 134 Å². The average molecular weight is 322 g/mol. The molecule has 0 saturated carbocycles. The predicted molar refractivity (Wildman–Crippen MR) is 85.9 cm³/mol. The lowest BCUT2D eigenvalue weighted by Crippen LogP contribution is -2.39. The summed E-state index contributed by atoms with van der Waals surface area (Å²) in [5, 5.41) is 14.6. The number of hydrogen-bond acceptors (Lipinski definition) is 8. The maximum atomic E-state index is 11.5. The van der Waals surface area contributed by atoms with Gasteiger partial charge in [0.2, 0.25) is 11.6 Å². The summed E-state index contributed by atoms with van der Waals surface area (Å²) in [5.74, 6) is 0.733. The van der Waals surface area contributed by atoms with Crippen molar-refractivity contribution in [3.63, 3.8) is 0 Å². The standard InChI is InChI=1S/C14H22N6O3/c21-20(22)12-13(15-3-6-18-7-9-23-10-8-18)16-11-17-14(12)19-4-1-2-5-19/h11H,1-10H2,(H,15,16,17). The first-order chi connectivity index (χ1) is 11.3. The summed E-state index contributed by atoms with van der Waals surface area (Å²) in [4.78, 5) is 23.6. The maximum absolute atomic E-state index is 11.5. The van der Waals surface area contributed by atoms with Gasteiger partial charge in [0.05, 0.1) is 18.1 Å². The fourth-order valence-electron chi connectivity index (χ4n) is 2.98. The number of morpholine rings is 1. The Hall–Kier alpha value is -2.00. The van der Waals surface area contributed by atoms with Crippen LogP contribution < -0.4 is 10.2 Å². The Morgan fingerprint density at radius 2 is 1.96 bits per heavy atom. The molecule has 2 saturated heterocycles. The van der Waals surface area contributed by atoms with Crippen LogP contribution in [0.15, 0.2) is 6.33 Å². The molecule has 1 N–H and O–H groups in total. The van der Waals surface area contributed by atoms with Crippen molar-refractivity contribution in [3.8, 4) is 0 Å². The molecule has 2 aliphatic rings. The quantitative estimate of drug-likeness (QED) is 0.605. The van der Waals surface area contributed by atoms with E-state index >= 15 is 0 Å². The van der Waals surface area contributed by atoms with Crippen LogP contribution in [-0.2, 0) is 4.74 Å². The van der Waals surface area contributed by atoms with Gasteiger partial charge in [0.1, 0.15) is 6.33 Å². The van der Waals surface area contributed by atoms with E-state index in [2.05, 4.69) is 20.2 Å². The third-order valence-corrected chi connectivity index (χ3v) is 4.22. The summed E-state index contributed by atoms with van der Waals surface area (Å²) in [5.41, 5.74) is -0.0172. The van der Waals surface area contributed by atoms with E-state index in [1.54, 1.807) is 0 Å². The van der Waals surface area contributed by atoms with Crippen molar-refractivity contribution in [2.24, 2.45) is 0 Å². The molecule has 9 nitrogen and oxygen atoms in total. The molecule has 0 unspecified atom stereocenters. The van der Waals surface area contributed by atoms with Crippen LogP contribution in [0.25, 0.3) is 0 Å². The molecule has 23 heavy (non-hydrogen) atoms. The lowest BCUT2D eigenvalue weighted by Gasteiger charge is -2.26. The Bertz CT molecular complexity index is 543. The van der Waals surface area contributed by atoms with E-state index < -0.39 is 0 Å². The van der Waals surface area contributed by atoms with Crippen molar-refractivity contribution in [2.45, 2.75) is 12.8 Å². The number of ether oxygens (including phenoxy) is 1. The zero-order valence-corrected chi connectivity index (χ0v) is 13.1. The molecule has 3 heterocycles. The minimum absolute atomic E-state index is 0.0172. The highest BCUT2D eigenvalue weighted by molar-refractivity contribution is 5.70. The number of hydrogen-bond donors (Lipinski definition) is 1. The molecule has 9 heteroatoms. The van der Waals surface area contributed by atoms with E-state index in [9.17, 15) is 10.1 Å². The van der Waals surface area contributed by atoms with Gasteiger partial charge in [-0.1, -0.05) is 0 Å². The summed E-state index contributed by atoms with van der Waals surface area (Å²) in [6, 6.07) is 0. The van der Waals surface area contributed by atoms with Crippen molar-refractivity contribution < 1.29 is 9.66 Å². The second-order valence-corrected chi connectivity index (χ2v) is 5.73. The van der Waals surface area contributed by atoms with Crippen molar-refractivity contribution in [3.05, 3.63) is 16.4 Å². The van der Waals surface area contributed by atoms with Crippen LogP contribution >= 0.6 is 0 Å². The SMILES string of the molecule is O=[N+]([O-])c1c(NCCN2CCOCC2)ncnc1N1CCCC1. The highest BCUT2D eigenvalue weighted by Crippen LogP contribution is 2.33. The largest absolute Gasteiger partial charge is 0.379 e. The predicted octanol–water partition coefficient (Wildman–Crippen LogP) is 0.729. The summed E-state index contributed by atoms with van der Waals surface area (Å²) in [7, 11) is 0. The lowest BCUT2D eigenvalue weighted by molar-refractivity contribution is -0.383. The topological polar surface area (TPSA) is 96.7 Å². The first-order valence-electron chi connectivity index (χ1n) is 8.04. The van der Waals surface area contributed by atoms with Crippen molar-refractivity contribution >= 4 is 17.3 Å². The fourth-order valence-corrected chi connectivity index (χ4v) is 2.98. The fraction of sp³-hybridized carbons (Fsp3) is 0.714. The highest BCUT2D eigenvalue weighted by Gasteiger charge is 2.28. The molecule has 3 rings (SSSR count). The minimum atomic E-state index is -0.384. The van der Waals surface area contributed by atoms with Gasteiger partial charge in [-0.15, -0.1) is 0 Å². The Morgan fingerprint density at radius 1 is 1.22 bits per heavy atom. The molecule has 0 amide bonds. The third kappa shape index (κ3) is 3.85. The molecule has 1 aromatic heterocycles. The monoisotopic (exact) mass is 322 g/mol. The van der Waals surface area contributed by atoms with Crippen LogP contribution in [0.1, 0.15) is 12.8 Å². The minimum Gasteiger partial charge on any atom is -0.379 e. The summed E-state index contributed by atoms with van der Waals surface area (Å²) in [6.45, 7) is 6.32. The van der Waals surface area contributed by atoms with Gasteiger partial charge in [-0.25, -0.2) is 9.97 Å². The van der Waals surface area contributed by atoms with Crippen LogP contribution in [0.4, 0.5) is 17.3 Å².